The second-order valence-electron chi connectivity index (χ2n) is 7.16. The molecule has 0 saturated carbocycles. The zero-order valence-electron chi connectivity index (χ0n) is 16.7. The van der Waals surface area contributed by atoms with Gasteiger partial charge < -0.3 is 10.6 Å². The predicted molar refractivity (Wildman–Crippen MR) is 110 cm³/mol. The van der Waals surface area contributed by atoms with Gasteiger partial charge in [0.25, 0.3) is 0 Å². The summed E-state index contributed by atoms with van der Waals surface area (Å²) in [5.41, 5.74) is 0.856. The number of hydrogen-bond acceptors (Lipinski definition) is 4. The van der Waals surface area contributed by atoms with Gasteiger partial charge in [-0.05, 0) is 51.4 Å². The fraction of sp³-hybridized carbons (Fsp3) is 0.650. The molecule has 148 valence electrons. The molecule has 1 aliphatic heterocycles. The van der Waals surface area contributed by atoms with Crippen LogP contribution in [0.3, 0.4) is 0 Å². The Morgan fingerprint density at radius 1 is 1.22 bits per heavy atom. The van der Waals surface area contributed by atoms with Crippen LogP contribution in [0, 0.1) is 0 Å². The van der Waals surface area contributed by atoms with Gasteiger partial charge in [0.15, 0.2) is 17.4 Å². The molecule has 0 amide bonds. The predicted octanol–water partition coefficient (Wildman–Crippen LogP) is 2.44. The molecule has 1 aliphatic rings. The first kappa shape index (κ1) is 19.6. The molecule has 2 N–H and O–H groups in total. The molecule has 2 aromatic rings. The number of nitrogens with one attached hydrogen (secondary N) is 2. The lowest BCUT2D eigenvalue weighted by molar-refractivity contribution is 0.147. The molecular formula is C20H33N7. The van der Waals surface area contributed by atoms with E-state index >= 15 is 0 Å². The summed E-state index contributed by atoms with van der Waals surface area (Å²) >= 11 is 0. The monoisotopic (exact) mass is 371 g/mol. The van der Waals surface area contributed by atoms with Crippen LogP contribution in [-0.2, 0) is 6.54 Å². The standard InChI is InChI=1S/C20H33N7/c1-3-5-12-26-13-8-6-10-17(26)15-22-20(21-4-2)23-16-19-25-24-18-11-7-9-14-27(18)19/h7,9,11,14,17H,3-6,8,10,12-13,15-16H2,1-2H3,(H2,21,22,23). The number of pyridine rings is 1. The summed E-state index contributed by atoms with van der Waals surface area (Å²) in [4.78, 5) is 7.38. The molecule has 1 unspecified atom stereocenters. The van der Waals surface area contributed by atoms with Gasteiger partial charge in [-0.1, -0.05) is 25.8 Å². The van der Waals surface area contributed by atoms with Crippen molar-refractivity contribution in [3.63, 3.8) is 0 Å². The smallest absolute Gasteiger partial charge is 0.191 e. The summed E-state index contributed by atoms with van der Waals surface area (Å²) in [5, 5.41) is 15.4. The average Bonchev–Trinajstić information content (AvgIpc) is 3.12. The number of aliphatic imine (C=N–C) groups is 1. The van der Waals surface area contributed by atoms with Crippen LogP contribution in [0.15, 0.2) is 29.4 Å². The molecule has 0 radical (unpaired) electrons. The van der Waals surface area contributed by atoms with E-state index in [1.165, 1.54) is 45.2 Å². The number of piperidine rings is 1. The fourth-order valence-electron chi connectivity index (χ4n) is 3.65. The molecule has 27 heavy (non-hydrogen) atoms. The van der Waals surface area contributed by atoms with Crippen molar-refractivity contribution in [2.45, 2.75) is 58.5 Å². The maximum atomic E-state index is 4.73. The Morgan fingerprint density at radius 2 is 2.15 bits per heavy atom. The van der Waals surface area contributed by atoms with Crippen molar-refractivity contribution in [3.8, 4) is 0 Å². The molecule has 0 spiro atoms. The highest BCUT2D eigenvalue weighted by molar-refractivity contribution is 5.79. The van der Waals surface area contributed by atoms with Crippen LogP contribution in [0.1, 0.15) is 51.8 Å². The number of fused-ring (bicyclic) bond motifs is 1. The van der Waals surface area contributed by atoms with E-state index in [9.17, 15) is 0 Å². The van der Waals surface area contributed by atoms with E-state index in [-0.39, 0.29) is 0 Å². The van der Waals surface area contributed by atoms with Crippen molar-refractivity contribution in [1.82, 2.24) is 30.1 Å². The number of guanidine groups is 1. The summed E-state index contributed by atoms with van der Waals surface area (Å²) in [6, 6.07) is 6.51. The van der Waals surface area contributed by atoms with Crippen LogP contribution in [0.25, 0.3) is 5.65 Å². The number of unbranched alkanes of at least 4 members (excludes halogenated alkanes) is 1. The SMILES string of the molecule is CCCCN1CCCCC1CNC(=NCc1nnc2ccccn12)NCC. The number of aromatic nitrogens is 3. The Balaban J connectivity index is 1.60. The van der Waals surface area contributed by atoms with Gasteiger partial charge in [0.05, 0.1) is 0 Å². The first-order chi connectivity index (χ1) is 13.3. The van der Waals surface area contributed by atoms with Crippen molar-refractivity contribution >= 4 is 11.6 Å². The van der Waals surface area contributed by atoms with Crippen molar-refractivity contribution in [1.29, 1.82) is 0 Å². The average molecular weight is 372 g/mol. The Hall–Kier alpha value is -2.15. The fourth-order valence-corrected chi connectivity index (χ4v) is 3.65. The van der Waals surface area contributed by atoms with Crippen molar-refractivity contribution in [3.05, 3.63) is 30.2 Å². The largest absolute Gasteiger partial charge is 0.357 e. The van der Waals surface area contributed by atoms with Gasteiger partial charge in [0.2, 0.25) is 0 Å². The van der Waals surface area contributed by atoms with Crippen LogP contribution < -0.4 is 10.6 Å². The minimum atomic E-state index is 0.505. The summed E-state index contributed by atoms with van der Waals surface area (Å²) in [5.74, 6) is 1.70. The summed E-state index contributed by atoms with van der Waals surface area (Å²) in [7, 11) is 0. The third kappa shape index (κ3) is 5.42. The number of likely N-dealkylation sites (tertiary alicyclic amines) is 1. The van der Waals surface area contributed by atoms with Crippen molar-refractivity contribution < 1.29 is 0 Å². The lowest BCUT2D eigenvalue weighted by atomic mass is 10.0. The van der Waals surface area contributed by atoms with Crippen LogP contribution in [-0.4, -0.2) is 57.7 Å². The number of nitrogens with zero attached hydrogens (tertiary/aromatic N) is 5. The molecule has 1 saturated heterocycles. The second kappa shape index (κ2) is 10.3. The minimum absolute atomic E-state index is 0.505. The van der Waals surface area contributed by atoms with E-state index < -0.39 is 0 Å². The van der Waals surface area contributed by atoms with Crippen LogP contribution in [0.5, 0.6) is 0 Å². The molecule has 0 aliphatic carbocycles. The Labute approximate surface area is 162 Å². The van der Waals surface area contributed by atoms with Crippen molar-refractivity contribution in [2.24, 2.45) is 4.99 Å². The molecule has 1 atom stereocenters. The molecule has 1 fully saturated rings. The van der Waals surface area contributed by atoms with Crippen molar-refractivity contribution in [2.75, 3.05) is 26.2 Å². The van der Waals surface area contributed by atoms with E-state index in [4.69, 9.17) is 4.99 Å². The van der Waals surface area contributed by atoms with Gasteiger partial charge in [-0.3, -0.25) is 9.30 Å². The van der Waals surface area contributed by atoms with Gasteiger partial charge in [-0.15, -0.1) is 10.2 Å². The van der Waals surface area contributed by atoms with E-state index in [1.54, 1.807) is 0 Å². The normalized spacial score (nSPS) is 18.7. The zero-order valence-corrected chi connectivity index (χ0v) is 16.7. The lowest BCUT2D eigenvalue weighted by Crippen LogP contribution is -2.49. The molecule has 0 aromatic carbocycles. The highest BCUT2D eigenvalue weighted by Crippen LogP contribution is 2.17. The number of rotatable bonds is 8. The first-order valence-corrected chi connectivity index (χ1v) is 10.4. The van der Waals surface area contributed by atoms with Gasteiger partial charge in [-0.25, -0.2) is 4.99 Å². The van der Waals surface area contributed by atoms with E-state index in [1.807, 2.05) is 28.8 Å². The summed E-state index contributed by atoms with van der Waals surface area (Å²) in [6.07, 6.45) is 8.44. The minimum Gasteiger partial charge on any atom is -0.357 e. The molecule has 3 heterocycles. The van der Waals surface area contributed by atoms with Gasteiger partial charge in [-0.2, -0.15) is 0 Å². The molecule has 0 bridgehead atoms. The maximum absolute atomic E-state index is 4.73. The van der Waals surface area contributed by atoms with Crippen LogP contribution >= 0.6 is 0 Å². The highest BCUT2D eigenvalue weighted by Gasteiger charge is 2.21. The molecule has 2 aromatic heterocycles. The zero-order chi connectivity index (χ0) is 18.9. The van der Waals surface area contributed by atoms with Gasteiger partial charge >= 0.3 is 0 Å². The Morgan fingerprint density at radius 3 is 3.00 bits per heavy atom. The topological polar surface area (TPSA) is 69.8 Å². The summed E-state index contributed by atoms with van der Waals surface area (Å²) < 4.78 is 1.99. The third-order valence-corrected chi connectivity index (χ3v) is 5.16. The number of hydrogen-bond donors (Lipinski definition) is 2. The first-order valence-electron chi connectivity index (χ1n) is 10.4. The molecule has 3 rings (SSSR count). The quantitative estimate of drug-likeness (QED) is 0.551. The van der Waals surface area contributed by atoms with E-state index in [0.717, 1.165) is 30.5 Å². The maximum Gasteiger partial charge on any atom is 0.191 e. The van der Waals surface area contributed by atoms with Gasteiger partial charge in [0, 0.05) is 25.3 Å². The molecule has 7 nitrogen and oxygen atoms in total. The van der Waals surface area contributed by atoms with Crippen LogP contribution in [0.4, 0.5) is 0 Å². The lowest BCUT2D eigenvalue weighted by Gasteiger charge is -2.36. The van der Waals surface area contributed by atoms with Gasteiger partial charge in [0.1, 0.15) is 6.54 Å². The third-order valence-electron chi connectivity index (χ3n) is 5.16. The van der Waals surface area contributed by atoms with Crippen LogP contribution in [0.2, 0.25) is 0 Å². The Bertz CT molecular complexity index is 724. The summed E-state index contributed by atoms with van der Waals surface area (Å²) in [6.45, 7) is 9.09. The molecular weight excluding hydrogens is 338 g/mol. The van der Waals surface area contributed by atoms with E-state index in [0.29, 0.717) is 12.6 Å². The highest BCUT2D eigenvalue weighted by atomic mass is 15.3. The Kier molecular flexibility index (Phi) is 7.45. The van der Waals surface area contributed by atoms with E-state index in [2.05, 4.69) is 39.6 Å². The molecule has 7 heteroatoms. The second-order valence-corrected chi connectivity index (χ2v) is 7.16.